The summed E-state index contributed by atoms with van der Waals surface area (Å²) in [4.78, 5) is 24.7. The van der Waals surface area contributed by atoms with Gasteiger partial charge in [0.05, 0.1) is 4.88 Å². The van der Waals surface area contributed by atoms with Crippen LogP contribution >= 0.6 is 11.3 Å². The van der Waals surface area contributed by atoms with Gasteiger partial charge >= 0.3 is 0 Å². The normalized spacial score (nSPS) is 10.4. The van der Waals surface area contributed by atoms with Crippen molar-refractivity contribution in [2.45, 2.75) is 6.42 Å². The molecule has 2 aromatic carbocycles. The van der Waals surface area contributed by atoms with Crippen molar-refractivity contribution in [3.8, 4) is 0 Å². The van der Waals surface area contributed by atoms with Gasteiger partial charge in [0.2, 0.25) is 0 Å². The van der Waals surface area contributed by atoms with Crippen molar-refractivity contribution in [1.82, 2.24) is 5.32 Å². The zero-order chi connectivity index (χ0) is 19.2. The maximum atomic E-state index is 13.1. The number of anilines is 1. The molecule has 0 spiro atoms. The minimum Gasteiger partial charge on any atom is -0.352 e. The fraction of sp³-hybridized carbons (Fsp3) is 0.100. The average molecular weight is 386 g/mol. The molecule has 0 saturated heterocycles. The van der Waals surface area contributed by atoms with Crippen LogP contribution in [0, 0.1) is 11.6 Å². The van der Waals surface area contributed by atoms with Crippen LogP contribution < -0.4 is 10.6 Å². The van der Waals surface area contributed by atoms with Crippen LogP contribution in [-0.2, 0) is 6.42 Å². The predicted molar refractivity (Wildman–Crippen MR) is 101 cm³/mol. The zero-order valence-electron chi connectivity index (χ0n) is 14.2. The highest BCUT2D eigenvalue weighted by Crippen LogP contribution is 2.14. The third-order valence-corrected chi connectivity index (χ3v) is 4.64. The second-order valence-electron chi connectivity index (χ2n) is 5.79. The average Bonchev–Trinajstić information content (AvgIpc) is 3.16. The van der Waals surface area contributed by atoms with Gasteiger partial charge in [-0.3, -0.25) is 9.59 Å². The molecule has 7 heteroatoms. The predicted octanol–water partition coefficient (Wildman–Crippen LogP) is 4.25. The van der Waals surface area contributed by atoms with Crippen molar-refractivity contribution in [3.05, 3.63) is 87.6 Å². The standard InChI is InChI=1S/C20H16F2N2O2S/c21-15-10-13(11-16(22)12-15)7-8-23-19(25)14-3-5-17(6-4-14)24-20(26)18-2-1-9-27-18/h1-6,9-12H,7-8H2,(H,23,25)(H,24,26). The molecule has 0 fully saturated rings. The second-order valence-corrected chi connectivity index (χ2v) is 6.74. The SMILES string of the molecule is O=C(NCCc1cc(F)cc(F)c1)c1ccc(NC(=O)c2cccs2)cc1. The first-order valence-electron chi connectivity index (χ1n) is 8.19. The summed E-state index contributed by atoms with van der Waals surface area (Å²) >= 11 is 1.34. The van der Waals surface area contributed by atoms with Crippen molar-refractivity contribution in [2.24, 2.45) is 0 Å². The third-order valence-electron chi connectivity index (χ3n) is 3.77. The summed E-state index contributed by atoms with van der Waals surface area (Å²) in [7, 11) is 0. The van der Waals surface area contributed by atoms with Gasteiger partial charge in [-0.15, -0.1) is 11.3 Å². The van der Waals surface area contributed by atoms with E-state index >= 15 is 0 Å². The molecule has 3 rings (SSSR count). The molecule has 0 aliphatic carbocycles. The molecule has 0 saturated carbocycles. The van der Waals surface area contributed by atoms with E-state index in [4.69, 9.17) is 0 Å². The Hall–Kier alpha value is -3.06. The van der Waals surface area contributed by atoms with Crippen molar-refractivity contribution >= 4 is 28.8 Å². The Balaban J connectivity index is 1.52. The smallest absolute Gasteiger partial charge is 0.265 e. The van der Waals surface area contributed by atoms with Gasteiger partial charge < -0.3 is 10.6 Å². The van der Waals surface area contributed by atoms with E-state index in [-0.39, 0.29) is 18.4 Å². The lowest BCUT2D eigenvalue weighted by Crippen LogP contribution is -2.25. The number of thiophene rings is 1. The Bertz CT molecular complexity index is 921. The van der Waals surface area contributed by atoms with Gasteiger partial charge in [0.15, 0.2) is 0 Å². The van der Waals surface area contributed by atoms with Crippen molar-refractivity contribution in [1.29, 1.82) is 0 Å². The number of hydrogen-bond acceptors (Lipinski definition) is 3. The van der Waals surface area contributed by atoms with E-state index < -0.39 is 11.6 Å². The van der Waals surface area contributed by atoms with Gasteiger partial charge in [-0.1, -0.05) is 6.07 Å². The van der Waals surface area contributed by atoms with E-state index in [2.05, 4.69) is 10.6 Å². The molecule has 138 valence electrons. The highest BCUT2D eigenvalue weighted by Gasteiger charge is 2.09. The monoisotopic (exact) mass is 386 g/mol. The number of halogens is 2. The molecule has 2 amide bonds. The highest BCUT2D eigenvalue weighted by molar-refractivity contribution is 7.12. The summed E-state index contributed by atoms with van der Waals surface area (Å²) in [5, 5.41) is 7.27. The Labute approximate surface area is 158 Å². The van der Waals surface area contributed by atoms with E-state index in [1.165, 1.54) is 23.5 Å². The number of carbonyl (C=O) groups excluding carboxylic acids is 2. The third kappa shape index (κ3) is 5.21. The number of nitrogens with one attached hydrogen (secondary N) is 2. The Morgan fingerprint density at radius 2 is 1.63 bits per heavy atom. The van der Waals surface area contributed by atoms with Crippen molar-refractivity contribution in [2.75, 3.05) is 11.9 Å². The fourth-order valence-corrected chi connectivity index (χ4v) is 3.10. The van der Waals surface area contributed by atoms with Crippen LogP contribution in [0.25, 0.3) is 0 Å². The van der Waals surface area contributed by atoms with E-state index in [1.54, 1.807) is 36.4 Å². The van der Waals surface area contributed by atoms with E-state index in [0.29, 0.717) is 28.1 Å². The van der Waals surface area contributed by atoms with E-state index in [0.717, 1.165) is 6.07 Å². The molecular formula is C20H16F2N2O2S. The Morgan fingerprint density at radius 3 is 2.26 bits per heavy atom. The molecule has 0 aliphatic heterocycles. The fourth-order valence-electron chi connectivity index (χ4n) is 2.48. The molecule has 0 radical (unpaired) electrons. The number of hydrogen-bond donors (Lipinski definition) is 2. The molecule has 1 heterocycles. The van der Waals surface area contributed by atoms with Gasteiger partial charge in [-0.2, -0.15) is 0 Å². The summed E-state index contributed by atoms with van der Waals surface area (Å²) in [5.41, 5.74) is 1.48. The molecule has 27 heavy (non-hydrogen) atoms. The molecule has 0 bridgehead atoms. The molecule has 2 N–H and O–H groups in total. The second kappa shape index (κ2) is 8.55. The summed E-state index contributed by atoms with van der Waals surface area (Å²) < 4.78 is 26.3. The maximum Gasteiger partial charge on any atom is 0.265 e. The number of amides is 2. The molecule has 0 aliphatic rings. The van der Waals surface area contributed by atoms with Crippen LogP contribution in [0.1, 0.15) is 25.6 Å². The number of carbonyl (C=O) groups is 2. The number of rotatable bonds is 6. The summed E-state index contributed by atoms with van der Waals surface area (Å²) in [5.74, 6) is -1.79. The molecule has 1 aromatic heterocycles. The summed E-state index contributed by atoms with van der Waals surface area (Å²) in [6, 6.07) is 13.3. The highest BCUT2D eigenvalue weighted by atomic mass is 32.1. The van der Waals surface area contributed by atoms with Gasteiger partial charge in [0.25, 0.3) is 11.8 Å². The lowest BCUT2D eigenvalue weighted by Gasteiger charge is -2.07. The zero-order valence-corrected chi connectivity index (χ0v) is 15.0. The van der Waals surface area contributed by atoms with Crippen LogP contribution in [0.5, 0.6) is 0 Å². The first-order valence-corrected chi connectivity index (χ1v) is 9.07. The Kier molecular flexibility index (Phi) is 5.93. The summed E-state index contributed by atoms with van der Waals surface area (Å²) in [6.07, 6.45) is 0.315. The minimum atomic E-state index is -0.642. The van der Waals surface area contributed by atoms with Crippen LogP contribution in [0.2, 0.25) is 0 Å². The largest absolute Gasteiger partial charge is 0.352 e. The first-order chi connectivity index (χ1) is 13.0. The molecule has 4 nitrogen and oxygen atoms in total. The summed E-state index contributed by atoms with van der Waals surface area (Å²) in [6.45, 7) is 0.249. The molecule has 0 atom stereocenters. The van der Waals surface area contributed by atoms with E-state index in [9.17, 15) is 18.4 Å². The van der Waals surface area contributed by atoms with Crippen LogP contribution in [0.3, 0.4) is 0 Å². The first kappa shape index (κ1) is 18.7. The molecular weight excluding hydrogens is 370 g/mol. The topological polar surface area (TPSA) is 58.2 Å². The van der Waals surface area contributed by atoms with Gasteiger partial charge in [-0.25, -0.2) is 8.78 Å². The van der Waals surface area contributed by atoms with Crippen molar-refractivity contribution in [3.63, 3.8) is 0 Å². The van der Waals surface area contributed by atoms with Crippen LogP contribution in [-0.4, -0.2) is 18.4 Å². The quantitative estimate of drug-likeness (QED) is 0.665. The van der Waals surface area contributed by atoms with E-state index in [1.807, 2.05) is 5.38 Å². The van der Waals surface area contributed by atoms with Crippen molar-refractivity contribution < 1.29 is 18.4 Å². The lowest BCUT2D eigenvalue weighted by molar-refractivity contribution is 0.0953. The van der Waals surface area contributed by atoms with Crippen LogP contribution in [0.4, 0.5) is 14.5 Å². The van der Waals surface area contributed by atoms with Gasteiger partial charge in [0.1, 0.15) is 11.6 Å². The maximum absolute atomic E-state index is 13.1. The lowest BCUT2D eigenvalue weighted by atomic mass is 10.1. The molecule has 3 aromatic rings. The Morgan fingerprint density at radius 1 is 0.926 bits per heavy atom. The van der Waals surface area contributed by atoms with Gasteiger partial charge in [0, 0.05) is 23.9 Å². The number of benzene rings is 2. The van der Waals surface area contributed by atoms with Gasteiger partial charge in [-0.05, 0) is 59.8 Å². The minimum absolute atomic E-state index is 0.204. The van der Waals surface area contributed by atoms with Crippen LogP contribution in [0.15, 0.2) is 60.0 Å². The molecule has 0 unspecified atom stereocenters.